The first kappa shape index (κ1) is 12.2. The van der Waals surface area contributed by atoms with Gasteiger partial charge >= 0.3 is 0 Å². The van der Waals surface area contributed by atoms with Gasteiger partial charge in [-0.1, -0.05) is 36.3 Å². The van der Waals surface area contributed by atoms with Crippen molar-refractivity contribution >= 4 is 11.6 Å². The van der Waals surface area contributed by atoms with Crippen LogP contribution in [-0.4, -0.2) is 25.8 Å². The Labute approximate surface area is 95.3 Å². The monoisotopic (exact) mass is 220 g/mol. The first-order valence-corrected chi connectivity index (χ1v) is 5.16. The van der Waals surface area contributed by atoms with E-state index in [2.05, 4.69) is 10.5 Å². The Balaban J connectivity index is 3.21. The summed E-state index contributed by atoms with van der Waals surface area (Å²) in [7, 11) is 3.00. The van der Waals surface area contributed by atoms with Crippen LogP contribution in [-0.2, 0) is 16.1 Å². The molecule has 0 fully saturated rings. The van der Waals surface area contributed by atoms with Crippen molar-refractivity contribution in [1.29, 1.82) is 0 Å². The minimum Gasteiger partial charge on any atom is -0.398 e. The van der Waals surface area contributed by atoms with Gasteiger partial charge in [-0.25, -0.2) is 0 Å². The lowest BCUT2D eigenvalue weighted by Gasteiger charge is -2.08. The SMILES string of the molecule is CCc1ccccc1C(=NOC)C(=O)NC. The van der Waals surface area contributed by atoms with Gasteiger partial charge in [-0.05, 0) is 12.0 Å². The Morgan fingerprint density at radius 3 is 2.69 bits per heavy atom. The van der Waals surface area contributed by atoms with E-state index in [1.54, 1.807) is 7.05 Å². The predicted molar refractivity (Wildman–Crippen MR) is 63.4 cm³/mol. The molecule has 4 heteroatoms. The summed E-state index contributed by atoms with van der Waals surface area (Å²) in [5, 5.41) is 6.33. The van der Waals surface area contributed by atoms with Crippen LogP contribution < -0.4 is 5.32 Å². The van der Waals surface area contributed by atoms with Crippen LogP contribution in [0.3, 0.4) is 0 Å². The average molecular weight is 220 g/mol. The summed E-state index contributed by atoms with van der Waals surface area (Å²) in [5.74, 6) is -0.247. The molecule has 0 aliphatic carbocycles. The Morgan fingerprint density at radius 1 is 1.44 bits per heavy atom. The van der Waals surface area contributed by atoms with Gasteiger partial charge in [0.05, 0.1) is 0 Å². The molecule has 0 aliphatic rings. The number of carbonyl (C=O) groups excluding carboxylic acids is 1. The molecule has 86 valence electrons. The Hall–Kier alpha value is -1.84. The Kier molecular flexibility index (Phi) is 4.51. The van der Waals surface area contributed by atoms with Crippen LogP contribution in [0.15, 0.2) is 29.4 Å². The number of amides is 1. The Morgan fingerprint density at radius 2 is 2.12 bits per heavy atom. The lowest BCUT2D eigenvalue weighted by atomic mass is 10.0. The highest BCUT2D eigenvalue weighted by atomic mass is 16.6. The van der Waals surface area contributed by atoms with Gasteiger partial charge in [-0.3, -0.25) is 4.79 Å². The molecule has 0 aromatic heterocycles. The first-order valence-electron chi connectivity index (χ1n) is 5.16. The number of likely N-dealkylation sites (N-methyl/N-ethyl adjacent to an activating group) is 1. The summed E-state index contributed by atoms with van der Waals surface area (Å²) in [6, 6.07) is 7.66. The van der Waals surface area contributed by atoms with Gasteiger partial charge in [-0.15, -0.1) is 0 Å². The van der Waals surface area contributed by atoms with Crippen LogP contribution in [0.4, 0.5) is 0 Å². The second-order valence-corrected chi connectivity index (χ2v) is 3.21. The smallest absolute Gasteiger partial charge is 0.273 e. The second-order valence-electron chi connectivity index (χ2n) is 3.21. The molecule has 0 radical (unpaired) electrons. The summed E-state index contributed by atoms with van der Waals surface area (Å²) < 4.78 is 0. The van der Waals surface area contributed by atoms with Crippen molar-refractivity contribution in [1.82, 2.24) is 5.32 Å². The normalized spacial score (nSPS) is 11.1. The number of carbonyl (C=O) groups is 1. The number of hydrogen-bond acceptors (Lipinski definition) is 3. The maximum absolute atomic E-state index is 11.6. The number of rotatable bonds is 4. The third-order valence-corrected chi connectivity index (χ3v) is 2.28. The summed E-state index contributed by atoms with van der Waals surface area (Å²) in [6.45, 7) is 2.03. The molecule has 0 heterocycles. The van der Waals surface area contributed by atoms with E-state index >= 15 is 0 Å². The van der Waals surface area contributed by atoms with Gasteiger partial charge in [-0.2, -0.15) is 0 Å². The van der Waals surface area contributed by atoms with Crippen LogP contribution >= 0.6 is 0 Å². The molecule has 1 rings (SSSR count). The van der Waals surface area contributed by atoms with E-state index < -0.39 is 0 Å². The van der Waals surface area contributed by atoms with Crippen LogP contribution in [0.5, 0.6) is 0 Å². The predicted octanol–water partition coefficient (Wildman–Crippen LogP) is 1.35. The molecule has 1 amide bonds. The van der Waals surface area contributed by atoms with E-state index in [9.17, 15) is 4.79 Å². The van der Waals surface area contributed by atoms with E-state index in [1.165, 1.54) is 7.11 Å². The first-order chi connectivity index (χ1) is 7.74. The van der Waals surface area contributed by atoms with Crippen molar-refractivity contribution in [3.63, 3.8) is 0 Å². The lowest BCUT2D eigenvalue weighted by Crippen LogP contribution is -2.29. The quantitative estimate of drug-likeness (QED) is 0.615. The second kappa shape index (κ2) is 5.90. The van der Waals surface area contributed by atoms with Gasteiger partial charge in [0.15, 0.2) is 5.71 Å². The Bertz CT molecular complexity index is 400. The molecule has 0 saturated heterocycles. The standard InChI is InChI=1S/C12H16N2O2/c1-4-9-7-5-6-8-10(9)11(14-16-3)12(15)13-2/h5-8H,4H2,1-3H3,(H,13,15). The highest BCUT2D eigenvalue weighted by Gasteiger charge is 2.15. The van der Waals surface area contributed by atoms with E-state index in [0.717, 1.165) is 17.5 Å². The van der Waals surface area contributed by atoms with Gasteiger partial charge in [0.2, 0.25) is 0 Å². The largest absolute Gasteiger partial charge is 0.398 e. The molecular weight excluding hydrogens is 204 g/mol. The van der Waals surface area contributed by atoms with Crippen molar-refractivity contribution in [3.8, 4) is 0 Å². The zero-order valence-electron chi connectivity index (χ0n) is 9.78. The van der Waals surface area contributed by atoms with Crippen LogP contribution in [0.1, 0.15) is 18.1 Å². The van der Waals surface area contributed by atoms with E-state index in [1.807, 2.05) is 31.2 Å². The van der Waals surface area contributed by atoms with Crippen molar-refractivity contribution in [2.45, 2.75) is 13.3 Å². The zero-order valence-corrected chi connectivity index (χ0v) is 9.78. The lowest BCUT2D eigenvalue weighted by molar-refractivity contribution is -0.114. The van der Waals surface area contributed by atoms with Crippen LogP contribution in [0.25, 0.3) is 0 Å². The molecule has 1 aromatic rings. The van der Waals surface area contributed by atoms with Crippen molar-refractivity contribution in [2.24, 2.45) is 5.16 Å². The van der Waals surface area contributed by atoms with Gasteiger partial charge < -0.3 is 10.2 Å². The number of benzene rings is 1. The van der Waals surface area contributed by atoms with Gasteiger partial charge in [0.25, 0.3) is 5.91 Å². The summed E-state index contributed by atoms with van der Waals surface area (Å²) >= 11 is 0. The average Bonchev–Trinajstić information content (AvgIpc) is 2.35. The van der Waals surface area contributed by atoms with Crippen molar-refractivity contribution in [3.05, 3.63) is 35.4 Å². The fourth-order valence-corrected chi connectivity index (χ4v) is 1.48. The van der Waals surface area contributed by atoms with Gasteiger partial charge in [0, 0.05) is 12.6 Å². The maximum Gasteiger partial charge on any atom is 0.273 e. The minimum absolute atomic E-state index is 0.247. The summed E-state index contributed by atoms with van der Waals surface area (Å²) in [6.07, 6.45) is 0.843. The topological polar surface area (TPSA) is 50.7 Å². The molecule has 0 bridgehead atoms. The summed E-state index contributed by atoms with van der Waals surface area (Å²) in [5.41, 5.74) is 2.19. The van der Waals surface area contributed by atoms with Crippen molar-refractivity contribution < 1.29 is 9.63 Å². The van der Waals surface area contributed by atoms with E-state index in [-0.39, 0.29) is 5.91 Å². The number of hydrogen-bond donors (Lipinski definition) is 1. The molecule has 0 saturated carbocycles. The van der Waals surface area contributed by atoms with Crippen molar-refractivity contribution in [2.75, 3.05) is 14.2 Å². The van der Waals surface area contributed by atoms with E-state index in [4.69, 9.17) is 4.84 Å². The zero-order chi connectivity index (χ0) is 12.0. The van der Waals surface area contributed by atoms with Crippen LogP contribution in [0, 0.1) is 0 Å². The maximum atomic E-state index is 11.6. The van der Waals surface area contributed by atoms with Gasteiger partial charge in [0.1, 0.15) is 7.11 Å². The molecular formula is C12H16N2O2. The molecule has 0 aliphatic heterocycles. The third-order valence-electron chi connectivity index (χ3n) is 2.28. The number of nitrogens with zero attached hydrogens (tertiary/aromatic N) is 1. The third kappa shape index (κ3) is 2.59. The molecule has 1 N–H and O–H groups in total. The minimum atomic E-state index is -0.247. The summed E-state index contributed by atoms with van der Waals surface area (Å²) in [4.78, 5) is 16.4. The molecule has 1 aromatic carbocycles. The highest BCUT2D eigenvalue weighted by Crippen LogP contribution is 2.11. The van der Waals surface area contributed by atoms with Crippen LogP contribution in [0.2, 0.25) is 0 Å². The molecule has 16 heavy (non-hydrogen) atoms. The molecule has 0 spiro atoms. The van der Waals surface area contributed by atoms with E-state index in [0.29, 0.717) is 5.71 Å². The molecule has 0 unspecified atom stereocenters. The number of aryl methyl sites for hydroxylation is 1. The fraction of sp³-hybridized carbons (Fsp3) is 0.333. The number of oxime groups is 1. The highest BCUT2D eigenvalue weighted by molar-refractivity contribution is 6.45. The molecule has 0 atom stereocenters. The number of nitrogens with one attached hydrogen (secondary N) is 1. The fourth-order valence-electron chi connectivity index (χ4n) is 1.48. The molecule has 4 nitrogen and oxygen atoms in total.